The van der Waals surface area contributed by atoms with Gasteiger partial charge in [0.1, 0.15) is 17.7 Å². The van der Waals surface area contributed by atoms with Gasteiger partial charge in [-0.2, -0.15) is 0 Å². The van der Waals surface area contributed by atoms with E-state index in [2.05, 4.69) is 10.3 Å². The van der Waals surface area contributed by atoms with E-state index in [9.17, 15) is 9.59 Å². The summed E-state index contributed by atoms with van der Waals surface area (Å²) in [7, 11) is 0. The predicted octanol–water partition coefficient (Wildman–Crippen LogP) is 2.50. The van der Waals surface area contributed by atoms with Gasteiger partial charge in [-0.25, -0.2) is 9.78 Å². The molecule has 5 nitrogen and oxygen atoms in total. The van der Waals surface area contributed by atoms with Gasteiger partial charge in [0, 0.05) is 6.92 Å². The van der Waals surface area contributed by atoms with Crippen LogP contribution in [0.2, 0.25) is 0 Å². The number of carbonyl (C=O) groups is 2. The molecule has 1 aromatic carbocycles. The van der Waals surface area contributed by atoms with E-state index in [0.717, 1.165) is 15.2 Å². The Kier molecular flexibility index (Phi) is 4.90. The highest BCUT2D eigenvalue weighted by atomic mass is 32.1. The highest BCUT2D eigenvalue weighted by molar-refractivity contribution is 7.18. The standard InChI is InChI=1S/C15H18N2O3S/c1-9(2)14(16-10(3)18)15(19)20-8-13-17-11-6-4-5-7-12(11)21-13/h4-7,9,14H,8H2,1-3H3,(H,16,18)/t14-/m0/s1. The van der Waals surface area contributed by atoms with Crippen molar-refractivity contribution in [2.45, 2.75) is 33.4 Å². The lowest BCUT2D eigenvalue weighted by Crippen LogP contribution is -2.44. The fourth-order valence-corrected chi connectivity index (χ4v) is 2.80. The smallest absolute Gasteiger partial charge is 0.329 e. The number of hydrogen-bond donors (Lipinski definition) is 1. The van der Waals surface area contributed by atoms with Gasteiger partial charge in [-0.05, 0) is 18.1 Å². The summed E-state index contributed by atoms with van der Waals surface area (Å²) in [6.07, 6.45) is 0. The molecule has 0 aliphatic carbocycles. The minimum atomic E-state index is -0.628. The summed E-state index contributed by atoms with van der Waals surface area (Å²) in [6, 6.07) is 7.14. The van der Waals surface area contributed by atoms with Crippen LogP contribution in [0.25, 0.3) is 10.2 Å². The van der Waals surface area contributed by atoms with Crippen molar-refractivity contribution in [2.24, 2.45) is 5.92 Å². The van der Waals surface area contributed by atoms with Crippen molar-refractivity contribution in [3.8, 4) is 0 Å². The van der Waals surface area contributed by atoms with Crippen molar-refractivity contribution in [3.63, 3.8) is 0 Å². The second-order valence-corrected chi connectivity index (χ2v) is 6.22. The second-order valence-electron chi connectivity index (χ2n) is 5.11. The summed E-state index contributed by atoms with van der Waals surface area (Å²) in [5, 5.41) is 3.36. The normalized spacial score (nSPS) is 12.4. The number of amides is 1. The van der Waals surface area contributed by atoms with Crippen LogP contribution >= 0.6 is 11.3 Å². The zero-order valence-corrected chi connectivity index (χ0v) is 13.1. The van der Waals surface area contributed by atoms with Crippen molar-refractivity contribution in [3.05, 3.63) is 29.3 Å². The van der Waals surface area contributed by atoms with E-state index in [-0.39, 0.29) is 18.4 Å². The monoisotopic (exact) mass is 306 g/mol. The third kappa shape index (κ3) is 4.01. The third-order valence-electron chi connectivity index (χ3n) is 2.96. The van der Waals surface area contributed by atoms with E-state index in [0.29, 0.717) is 0 Å². The minimum Gasteiger partial charge on any atom is -0.457 e. The fourth-order valence-electron chi connectivity index (χ4n) is 1.92. The van der Waals surface area contributed by atoms with E-state index in [1.54, 1.807) is 0 Å². The molecular formula is C15H18N2O3S. The second kappa shape index (κ2) is 6.67. The zero-order valence-electron chi connectivity index (χ0n) is 12.3. The molecule has 21 heavy (non-hydrogen) atoms. The van der Waals surface area contributed by atoms with E-state index in [4.69, 9.17) is 4.74 Å². The highest BCUT2D eigenvalue weighted by Crippen LogP contribution is 2.22. The number of esters is 1. The molecule has 0 radical (unpaired) electrons. The maximum Gasteiger partial charge on any atom is 0.329 e. The number of ether oxygens (including phenoxy) is 1. The molecule has 1 atom stereocenters. The van der Waals surface area contributed by atoms with Gasteiger partial charge in [0.2, 0.25) is 5.91 Å². The van der Waals surface area contributed by atoms with Crippen LogP contribution in [-0.2, 0) is 20.9 Å². The first-order valence-electron chi connectivity index (χ1n) is 6.75. The summed E-state index contributed by atoms with van der Waals surface area (Å²) in [5.41, 5.74) is 0.899. The molecule has 1 N–H and O–H groups in total. The fraction of sp³-hybridized carbons (Fsp3) is 0.400. The Hall–Kier alpha value is -1.95. The Morgan fingerprint density at radius 2 is 2.05 bits per heavy atom. The van der Waals surface area contributed by atoms with Crippen molar-refractivity contribution in [2.75, 3.05) is 0 Å². The number of nitrogens with one attached hydrogen (secondary N) is 1. The molecule has 0 bridgehead atoms. The van der Waals surface area contributed by atoms with Crippen LogP contribution < -0.4 is 5.32 Å². The average molecular weight is 306 g/mol. The number of fused-ring (bicyclic) bond motifs is 1. The summed E-state index contributed by atoms with van der Waals surface area (Å²) >= 11 is 1.50. The number of carbonyl (C=O) groups excluding carboxylic acids is 2. The van der Waals surface area contributed by atoms with Crippen molar-refractivity contribution in [1.29, 1.82) is 0 Å². The van der Waals surface area contributed by atoms with Crippen molar-refractivity contribution < 1.29 is 14.3 Å². The van der Waals surface area contributed by atoms with E-state index in [1.807, 2.05) is 38.1 Å². The number of para-hydroxylation sites is 1. The number of hydrogen-bond acceptors (Lipinski definition) is 5. The molecule has 0 unspecified atom stereocenters. The predicted molar refractivity (Wildman–Crippen MR) is 81.9 cm³/mol. The molecule has 112 valence electrons. The molecule has 1 amide bonds. The van der Waals surface area contributed by atoms with Gasteiger partial charge in [-0.1, -0.05) is 26.0 Å². The molecule has 0 saturated heterocycles. The number of thiazole rings is 1. The molecule has 6 heteroatoms. The number of aromatic nitrogens is 1. The van der Waals surface area contributed by atoms with Crippen LogP contribution in [0.1, 0.15) is 25.8 Å². The molecule has 2 aromatic rings. The maximum absolute atomic E-state index is 12.0. The molecule has 0 aliphatic rings. The summed E-state index contributed by atoms with van der Waals surface area (Å²) < 4.78 is 6.34. The van der Waals surface area contributed by atoms with Gasteiger partial charge in [-0.3, -0.25) is 4.79 Å². The minimum absolute atomic E-state index is 0.0308. The lowest BCUT2D eigenvalue weighted by Gasteiger charge is -2.19. The lowest BCUT2D eigenvalue weighted by atomic mass is 10.0. The van der Waals surface area contributed by atoms with E-state index in [1.165, 1.54) is 18.3 Å². The van der Waals surface area contributed by atoms with Gasteiger partial charge in [0.25, 0.3) is 0 Å². The Bertz CT molecular complexity index is 618. The van der Waals surface area contributed by atoms with Crippen LogP contribution in [0.15, 0.2) is 24.3 Å². The first-order chi connectivity index (χ1) is 9.97. The van der Waals surface area contributed by atoms with Gasteiger partial charge in [0.05, 0.1) is 10.2 Å². The first-order valence-corrected chi connectivity index (χ1v) is 7.57. The first kappa shape index (κ1) is 15.4. The van der Waals surface area contributed by atoms with Gasteiger partial charge >= 0.3 is 5.97 Å². The van der Waals surface area contributed by atoms with Gasteiger partial charge in [-0.15, -0.1) is 11.3 Å². The molecule has 0 spiro atoms. The Morgan fingerprint density at radius 1 is 1.33 bits per heavy atom. The number of benzene rings is 1. The highest BCUT2D eigenvalue weighted by Gasteiger charge is 2.24. The molecule has 0 fully saturated rings. The topological polar surface area (TPSA) is 68.3 Å². The van der Waals surface area contributed by atoms with Crippen LogP contribution in [0, 0.1) is 5.92 Å². The van der Waals surface area contributed by atoms with Crippen LogP contribution in [0.5, 0.6) is 0 Å². The molecule has 1 aromatic heterocycles. The Morgan fingerprint density at radius 3 is 2.67 bits per heavy atom. The van der Waals surface area contributed by atoms with Crippen molar-refractivity contribution >= 4 is 33.4 Å². The maximum atomic E-state index is 12.0. The molecule has 0 aliphatic heterocycles. The Balaban J connectivity index is 2.00. The summed E-state index contributed by atoms with van der Waals surface area (Å²) in [4.78, 5) is 27.6. The van der Waals surface area contributed by atoms with Crippen molar-refractivity contribution in [1.82, 2.24) is 10.3 Å². The van der Waals surface area contributed by atoms with E-state index < -0.39 is 12.0 Å². The molecular weight excluding hydrogens is 288 g/mol. The number of rotatable bonds is 5. The molecule has 0 saturated carbocycles. The van der Waals surface area contributed by atoms with Crippen LogP contribution in [0.3, 0.4) is 0 Å². The van der Waals surface area contributed by atoms with Crippen LogP contribution in [-0.4, -0.2) is 22.9 Å². The SMILES string of the molecule is CC(=O)N[C@H](C(=O)OCc1nc2ccccc2s1)C(C)C. The van der Waals surface area contributed by atoms with Crippen LogP contribution in [0.4, 0.5) is 0 Å². The van der Waals surface area contributed by atoms with E-state index >= 15 is 0 Å². The summed E-state index contributed by atoms with van der Waals surface area (Å²) in [6.45, 7) is 5.23. The largest absolute Gasteiger partial charge is 0.457 e. The third-order valence-corrected chi connectivity index (χ3v) is 3.97. The quantitative estimate of drug-likeness (QED) is 0.862. The molecule has 2 rings (SSSR count). The zero-order chi connectivity index (χ0) is 15.4. The molecule has 1 heterocycles. The lowest BCUT2D eigenvalue weighted by molar-refractivity contribution is -0.150. The Labute approximate surface area is 127 Å². The summed E-state index contributed by atoms with van der Waals surface area (Å²) in [5.74, 6) is -0.707. The van der Waals surface area contributed by atoms with Gasteiger partial charge < -0.3 is 10.1 Å². The van der Waals surface area contributed by atoms with Gasteiger partial charge in [0.15, 0.2) is 0 Å². The average Bonchev–Trinajstić information content (AvgIpc) is 2.84. The number of nitrogens with zero attached hydrogens (tertiary/aromatic N) is 1.